The third-order valence-corrected chi connectivity index (χ3v) is 6.69. The van der Waals surface area contributed by atoms with E-state index in [-0.39, 0.29) is 48.8 Å². The SMILES string of the molecule is CCOC(=O)CC1(O)C[C@@H]2CCC(=O)N2c2cc(OC(C)CCCc3ccccc3)cc(O)c21. The number of amides is 1. The lowest BCUT2D eigenvalue weighted by atomic mass is 9.79. The van der Waals surface area contributed by atoms with Crippen LogP contribution >= 0.6 is 0 Å². The number of fused-ring (bicyclic) bond motifs is 3. The molecule has 0 radical (unpaired) electrons. The van der Waals surface area contributed by atoms with Crippen LogP contribution in [0.5, 0.6) is 11.5 Å². The fourth-order valence-electron chi connectivity index (χ4n) is 5.22. The van der Waals surface area contributed by atoms with Crippen molar-refractivity contribution in [2.24, 2.45) is 0 Å². The van der Waals surface area contributed by atoms with Gasteiger partial charge in [0.05, 0.1) is 30.4 Å². The van der Waals surface area contributed by atoms with E-state index in [1.54, 1.807) is 17.9 Å². The van der Waals surface area contributed by atoms with Gasteiger partial charge >= 0.3 is 5.97 Å². The molecule has 34 heavy (non-hydrogen) atoms. The standard InChI is InChI=1S/C27H33NO6/c1-3-33-25(31)17-27(32)16-20-12-13-24(30)28(20)22-14-21(15-23(29)26(22)27)34-18(2)8-7-11-19-9-5-4-6-10-19/h4-6,9-10,14-15,18,20,29,32H,3,7-8,11-13,16-17H2,1-2H3/t18?,20-,27?/m0/s1. The van der Waals surface area contributed by atoms with Gasteiger partial charge in [-0.2, -0.15) is 0 Å². The third kappa shape index (κ3) is 5.04. The Hall–Kier alpha value is -3.06. The van der Waals surface area contributed by atoms with Gasteiger partial charge in [-0.05, 0) is 45.1 Å². The number of rotatable bonds is 9. The Labute approximate surface area is 200 Å². The van der Waals surface area contributed by atoms with Crippen LogP contribution < -0.4 is 9.64 Å². The number of benzene rings is 2. The van der Waals surface area contributed by atoms with Crippen LogP contribution in [0.2, 0.25) is 0 Å². The summed E-state index contributed by atoms with van der Waals surface area (Å²) in [4.78, 5) is 26.5. The highest BCUT2D eigenvalue weighted by Gasteiger charge is 2.49. The fourth-order valence-corrected chi connectivity index (χ4v) is 5.22. The van der Waals surface area contributed by atoms with E-state index >= 15 is 0 Å². The van der Waals surface area contributed by atoms with Gasteiger partial charge in [-0.15, -0.1) is 0 Å². The monoisotopic (exact) mass is 467 g/mol. The van der Waals surface area contributed by atoms with Crippen molar-refractivity contribution in [3.63, 3.8) is 0 Å². The van der Waals surface area contributed by atoms with E-state index in [1.165, 1.54) is 11.6 Å². The van der Waals surface area contributed by atoms with Crippen molar-refractivity contribution in [1.82, 2.24) is 0 Å². The molecule has 0 saturated carbocycles. The lowest BCUT2D eigenvalue weighted by molar-refractivity contribution is -0.149. The molecule has 2 N–H and O–H groups in total. The summed E-state index contributed by atoms with van der Waals surface area (Å²) < 4.78 is 11.2. The van der Waals surface area contributed by atoms with Gasteiger partial charge in [-0.25, -0.2) is 0 Å². The Morgan fingerprint density at radius 1 is 1.26 bits per heavy atom. The van der Waals surface area contributed by atoms with Crippen molar-refractivity contribution in [2.45, 2.75) is 76.5 Å². The summed E-state index contributed by atoms with van der Waals surface area (Å²) in [6.45, 7) is 3.88. The molecule has 1 saturated heterocycles. The van der Waals surface area contributed by atoms with Crippen LogP contribution in [0.3, 0.4) is 0 Å². The smallest absolute Gasteiger partial charge is 0.309 e. The average molecular weight is 468 g/mol. The molecule has 0 bridgehead atoms. The number of carbonyl (C=O) groups is 2. The Kier molecular flexibility index (Phi) is 7.12. The molecule has 2 heterocycles. The highest BCUT2D eigenvalue weighted by Crippen LogP contribution is 2.51. The van der Waals surface area contributed by atoms with E-state index < -0.39 is 11.6 Å². The maximum Gasteiger partial charge on any atom is 0.309 e. The van der Waals surface area contributed by atoms with Crippen molar-refractivity contribution in [3.05, 3.63) is 53.6 Å². The van der Waals surface area contributed by atoms with Crippen LogP contribution in [-0.2, 0) is 26.3 Å². The molecule has 2 aromatic rings. The van der Waals surface area contributed by atoms with Gasteiger partial charge in [-0.1, -0.05) is 30.3 Å². The number of esters is 1. The van der Waals surface area contributed by atoms with Crippen LogP contribution in [0.25, 0.3) is 0 Å². The number of hydrogen-bond donors (Lipinski definition) is 2. The van der Waals surface area contributed by atoms with Gasteiger partial charge < -0.3 is 24.6 Å². The molecular weight excluding hydrogens is 434 g/mol. The predicted octanol–water partition coefficient (Wildman–Crippen LogP) is 4.22. The Balaban J connectivity index is 1.54. The zero-order valence-electron chi connectivity index (χ0n) is 19.8. The summed E-state index contributed by atoms with van der Waals surface area (Å²) in [5, 5.41) is 22.4. The highest BCUT2D eigenvalue weighted by atomic mass is 16.5. The van der Waals surface area contributed by atoms with Crippen LogP contribution in [0.4, 0.5) is 5.69 Å². The van der Waals surface area contributed by atoms with Crippen molar-refractivity contribution in [1.29, 1.82) is 0 Å². The highest BCUT2D eigenvalue weighted by molar-refractivity contribution is 5.98. The topological polar surface area (TPSA) is 96.3 Å². The van der Waals surface area contributed by atoms with Gasteiger partial charge in [0.25, 0.3) is 0 Å². The summed E-state index contributed by atoms with van der Waals surface area (Å²) in [5.41, 5.74) is 0.269. The first-order chi connectivity index (χ1) is 16.3. The summed E-state index contributed by atoms with van der Waals surface area (Å²) >= 11 is 0. The summed E-state index contributed by atoms with van der Waals surface area (Å²) in [6, 6.07) is 13.2. The minimum atomic E-state index is -1.61. The van der Waals surface area contributed by atoms with E-state index in [9.17, 15) is 19.8 Å². The van der Waals surface area contributed by atoms with Gasteiger partial charge in [0, 0.05) is 31.0 Å². The number of phenolic OH excluding ortho intramolecular Hbond substituents is 1. The molecular formula is C27H33NO6. The first kappa shape index (κ1) is 24.1. The molecule has 2 unspecified atom stereocenters. The maximum absolute atomic E-state index is 12.7. The number of aliphatic hydroxyl groups is 1. The molecule has 3 atom stereocenters. The molecule has 1 fully saturated rings. The Bertz CT molecular complexity index is 1040. The zero-order chi connectivity index (χ0) is 24.3. The number of phenols is 1. The summed E-state index contributed by atoms with van der Waals surface area (Å²) in [7, 11) is 0. The Morgan fingerprint density at radius 3 is 2.76 bits per heavy atom. The quantitative estimate of drug-likeness (QED) is 0.536. The van der Waals surface area contributed by atoms with Crippen molar-refractivity contribution in [3.8, 4) is 11.5 Å². The average Bonchev–Trinajstić information content (AvgIpc) is 3.14. The first-order valence-corrected chi connectivity index (χ1v) is 12.1. The molecule has 0 aliphatic carbocycles. The van der Waals surface area contributed by atoms with E-state index in [4.69, 9.17) is 9.47 Å². The van der Waals surface area contributed by atoms with Crippen molar-refractivity contribution in [2.75, 3.05) is 11.5 Å². The molecule has 7 heteroatoms. The van der Waals surface area contributed by atoms with Crippen LogP contribution in [-0.4, -0.2) is 40.8 Å². The second-order valence-corrected chi connectivity index (χ2v) is 9.32. The number of hydrogen-bond acceptors (Lipinski definition) is 6. The lowest BCUT2D eigenvalue weighted by Gasteiger charge is -2.42. The molecule has 0 aromatic heterocycles. The molecule has 7 nitrogen and oxygen atoms in total. The number of nitrogens with zero attached hydrogens (tertiary/aromatic N) is 1. The molecule has 4 rings (SSSR count). The number of ether oxygens (including phenoxy) is 2. The van der Waals surface area contributed by atoms with Gasteiger partial charge in [0.15, 0.2) is 0 Å². The molecule has 182 valence electrons. The van der Waals surface area contributed by atoms with Gasteiger partial charge in [0.1, 0.15) is 17.1 Å². The van der Waals surface area contributed by atoms with Gasteiger partial charge in [-0.3, -0.25) is 9.59 Å². The lowest BCUT2D eigenvalue weighted by Crippen LogP contribution is -2.46. The molecule has 2 aliphatic rings. The molecule has 2 aromatic carbocycles. The molecule has 2 aliphatic heterocycles. The normalized spacial score (nSPS) is 22.1. The number of anilines is 1. The summed E-state index contributed by atoms with van der Waals surface area (Å²) in [6.07, 6.45) is 3.47. The minimum absolute atomic E-state index is 0.0584. The first-order valence-electron chi connectivity index (χ1n) is 12.1. The second kappa shape index (κ2) is 10.1. The van der Waals surface area contributed by atoms with Crippen molar-refractivity contribution < 1.29 is 29.3 Å². The zero-order valence-corrected chi connectivity index (χ0v) is 19.8. The van der Waals surface area contributed by atoms with E-state index in [0.717, 1.165) is 19.3 Å². The Morgan fingerprint density at radius 2 is 2.03 bits per heavy atom. The number of carbonyl (C=O) groups excluding carboxylic acids is 2. The third-order valence-electron chi connectivity index (χ3n) is 6.69. The van der Waals surface area contributed by atoms with Crippen LogP contribution in [0, 0.1) is 0 Å². The second-order valence-electron chi connectivity index (χ2n) is 9.32. The van der Waals surface area contributed by atoms with E-state index in [2.05, 4.69) is 12.1 Å². The van der Waals surface area contributed by atoms with E-state index in [0.29, 0.717) is 24.3 Å². The van der Waals surface area contributed by atoms with Gasteiger partial charge in [0.2, 0.25) is 5.91 Å². The predicted molar refractivity (Wildman–Crippen MR) is 128 cm³/mol. The molecule has 1 amide bonds. The molecule has 0 spiro atoms. The van der Waals surface area contributed by atoms with Crippen molar-refractivity contribution >= 4 is 17.6 Å². The minimum Gasteiger partial charge on any atom is -0.507 e. The largest absolute Gasteiger partial charge is 0.507 e. The maximum atomic E-state index is 12.7. The summed E-state index contributed by atoms with van der Waals surface area (Å²) in [5.74, 6) is -0.353. The van der Waals surface area contributed by atoms with Crippen LogP contribution in [0.1, 0.15) is 63.5 Å². The fraction of sp³-hybridized carbons (Fsp3) is 0.481. The van der Waals surface area contributed by atoms with E-state index in [1.807, 2.05) is 25.1 Å². The number of aryl methyl sites for hydroxylation is 1. The van der Waals surface area contributed by atoms with Crippen LogP contribution in [0.15, 0.2) is 42.5 Å². The number of aromatic hydroxyl groups is 1.